The highest BCUT2D eigenvalue weighted by atomic mass is 16.5. The summed E-state index contributed by atoms with van der Waals surface area (Å²) in [5.74, 6) is 1.51. The van der Waals surface area contributed by atoms with Crippen LogP contribution < -0.4 is 15.4 Å². The average Bonchev–Trinajstić information content (AvgIpc) is 2.94. The molecule has 2 heterocycles. The van der Waals surface area contributed by atoms with E-state index < -0.39 is 0 Å². The molecule has 0 unspecified atom stereocenters. The topological polar surface area (TPSA) is 33.3 Å². The van der Waals surface area contributed by atoms with Gasteiger partial charge in [0, 0.05) is 23.2 Å². The van der Waals surface area contributed by atoms with Crippen LogP contribution in [-0.2, 0) is 6.61 Å². The van der Waals surface area contributed by atoms with Crippen LogP contribution in [0.5, 0.6) is 5.75 Å². The first-order chi connectivity index (χ1) is 13.9. The Morgan fingerprint density at radius 1 is 0.786 bits per heavy atom. The summed E-state index contributed by atoms with van der Waals surface area (Å²) in [5, 5.41) is 7.33. The Bertz CT molecular complexity index is 954. The maximum absolute atomic E-state index is 6.27. The summed E-state index contributed by atoms with van der Waals surface area (Å²) in [6, 6.07) is 26.0. The maximum Gasteiger partial charge on any atom is 0.127 e. The van der Waals surface area contributed by atoms with Gasteiger partial charge in [-0.3, -0.25) is 0 Å². The molecule has 0 aromatic heterocycles. The first-order valence-electron chi connectivity index (χ1n) is 10.3. The van der Waals surface area contributed by atoms with Gasteiger partial charge in [0.15, 0.2) is 0 Å². The molecule has 3 heteroatoms. The largest absolute Gasteiger partial charge is 0.488 e. The van der Waals surface area contributed by atoms with Gasteiger partial charge in [0.2, 0.25) is 0 Å². The van der Waals surface area contributed by atoms with E-state index in [-0.39, 0.29) is 0 Å². The summed E-state index contributed by atoms with van der Waals surface area (Å²) < 4.78 is 6.27. The summed E-state index contributed by atoms with van der Waals surface area (Å²) in [4.78, 5) is 0. The molecule has 142 valence electrons. The van der Waals surface area contributed by atoms with Crippen molar-refractivity contribution in [1.82, 2.24) is 5.32 Å². The van der Waals surface area contributed by atoms with E-state index in [2.05, 4.69) is 77.4 Å². The zero-order valence-electron chi connectivity index (χ0n) is 16.0. The van der Waals surface area contributed by atoms with Gasteiger partial charge in [-0.15, -0.1) is 0 Å². The number of ether oxygens (including phenoxy) is 1. The molecule has 1 fully saturated rings. The lowest BCUT2D eigenvalue weighted by atomic mass is 9.85. The van der Waals surface area contributed by atoms with Crippen LogP contribution in [0.15, 0.2) is 72.8 Å². The van der Waals surface area contributed by atoms with E-state index in [0.717, 1.165) is 18.8 Å². The predicted octanol–water partition coefficient (Wildman–Crippen LogP) is 5.19. The molecule has 3 aromatic carbocycles. The zero-order chi connectivity index (χ0) is 18.8. The molecule has 0 saturated carbocycles. The van der Waals surface area contributed by atoms with Crippen LogP contribution in [0, 0.1) is 0 Å². The molecule has 28 heavy (non-hydrogen) atoms. The predicted molar refractivity (Wildman–Crippen MR) is 115 cm³/mol. The lowest BCUT2D eigenvalue weighted by molar-refractivity contribution is 0.307. The number of hydrogen-bond acceptors (Lipinski definition) is 3. The number of rotatable bonds is 4. The van der Waals surface area contributed by atoms with Crippen LogP contribution in [0.4, 0.5) is 5.69 Å². The number of anilines is 1. The minimum Gasteiger partial charge on any atom is -0.488 e. The molecule has 0 amide bonds. The Hall–Kier alpha value is -2.78. The molecule has 2 aliphatic rings. The minimum absolute atomic E-state index is 0.531. The quantitative estimate of drug-likeness (QED) is 0.663. The molecule has 3 nitrogen and oxygen atoms in total. The summed E-state index contributed by atoms with van der Waals surface area (Å²) in [5.41, 5.74) is 6.45. The molecule has 5 rings (SSSR count). The smallest absolute Gasteiger partial charge is 0.127 e. The molecule has 0 spiro atoms. The van der Waals surface area contributed by atoms with Crippen molar-refractivity contribution in [1.29, 1.82) is 0 Å². The van der Waals surface area contributed by atoms with Gasteiger partial charge in [0.25, 0.3) is 0 Å². The second kappa shape index (κ2) is 7.69. The van der Waals surface area contributed by atoms with Crippen molar-refractivity contribution >= 4 is 5.69 Å². The second-order valence-corrected chi connectivity index (χ2v) is 7.72. The molecule has 3 aromatic rings. The van der Waals surface area contributed by atoms with Crippen molar-refractivity contribution in [2.45, 2.75) is 31.4 Å². The number of nitrogens with one attached hydrogen (secondary N) is 2. The van der Waals surface area contributed by atoms with Gasteiger partial charge in [0.1, 0.15) is 12.4 Å². The highest BCUT2D eigenvalue weighted by molar-refractivity contribution is 5.81. The van der Waals surface area contributed by atoms with Crippen molar-refractivity contribution in [2.75, 3.05) is 18.4 Å². The zero-order valence-corrected chi connectivity index (χ0v) is 16.0. The highest BCUT2D eigenvalue weighted by Crippen LogP contribution is 2.46. The lowest BCUT2D eigenvalue weighted by Gasteiger charge is -2.19. The van der Waals surface area contributed by atoms with Crippen molar-refractivity contribution in [2.24, 2.45) is 0 Å². The van der Waals surface area contributed by atoms with Crippen molar-refractivity contribution in [3.05, 3.63) is 83.9 Å². The standard InChI is InChI=1S/C25H26N2O/c1-2-7-18(8-3-1)17-28-24-12-5-4-9-19(24)20-10-6-11-23-25(20)21-13-15-26-16-14-22(21)27-23/h1-12,21-22,26-27H,13-17H2/t21-,22+/m1/s1. The normalized spacial score (nSPS) is 20.6. The fourth-order valence-corrected chi connectivity index (χ4v) is 4.64. The van der Waals surface area contributed by atoms with Gasteiger partial charge in [-0.05, 0) is 54.8 Å². The summed E-state index contributed by atoms with van der Waals surface area (Å²) in [7, 11) is 0. The van der Waals surface area contributed by atoms with Crippen LogP contribution in [0.25, 0.3) is 11.1 Å². The molecule has 1 saturated heterocycles. The first-order valence-corrected chi connectivity index (χ1v) is 10.3. The van der Waals surface area contributed by atoms with Crippen molar-refractivity contribution in [3.8, 4) is 16.9 Å². The fraction of sp³-hybridized carbons (Fsp3) is 0.280. The van der Waals surface area contributed by atoms with Gasteiger partial charge in [0.05, 0.1) is 0 Å². The molecule has 0 aliphatic carbocycles. The Morgan fingerprint density at radius 2 is 1.57 bits per heavy atom. The van der Waals surface area contributed by atoms with Crippen LogP contribution in [0.2, 0.25) is 0 Å². The number of benzene rings is 3. The van der Waals surface area contributed by atoms with Gasteiger partial charge in [-0.1, -0.05) is 60.7 Å². The third kappa shape index (κ3) is 3.27. The van der Waals surface area contributed by atoms with E-state index in [9.17, 15) is 0 Å². The molecule has 0 radical (unpaired) electrons. The summed E-state index contributed by atoms with van der Waals surface area (Å²) >= 11 is 0. The Morgan fingerprint density at radius 3 is 2.50 bits per heavy atom. The van der Waals surface area contributed by atoms with Crippen LogP contribution in [0.1, 0.15) is 29.9 Å². The molecular formula is C25H26N2O. The SMILES string of the molecule is c1ccc(COc2ccccc2-c2cccc3c2[C@@H]2CCNCC[C@@H]2N3)cc1. The van der Waals surface area contributed by atoms with Crippen molar-refractivity contribution < 1.29 is 4.74 Å². The number of hydrogen-bond donors (Lipinski definition) is 2. The Balaban J connectivity index is 1.50. The number of para-hydroxylation sites is 1. The molecule has 2 atom stereocenters. The first kappa shape index (κ1) is 17.3. The molecule has 0 bridgehead atoms. The van der Waals surface area contributed by atoms with Crippen LogP contribution >= 0.6 is 0 Å². The molecular weight excluding hydrogens is 344 g/mol. The second-order valence-electron chi connectivity index (χ2n) is 7.72. The van der Waals surface area contributed by atoms with Gasteiger partial charge < -0.3 is 15.4 Å². The van der Waals surface area contributed by atoms with Crippen molar-refractivity contribution in [3.63, 3.8) is 0 Å². The van der Waals surface area contributed by atoms with E-state index in [0.29, 0.717) is 18.6 Å². The van der Waals surface area contributed by atoms with E-state index in [1.807, 2.05) is 6.07 Å². The Labute approximate surface area is 166 Å². The average molecular weight is 370 g/mol. The monoisotopic (exact) mass is 370 g/mol. The highest BCUT2D eigenvalue weighted by Gasteiger charge is 2.35. The van der Waals surface area contributed by atoms with Crippen LogP contribution in [0.3, 0.4) is 0 Å². The fourth-order valence-electron chi connectivity index (χ4n) is 4.64. The third-order valence-electron chi connectivity index (χ3n) is 5.98. The number of fused-ring (bicyclic) bond motifs is 3. The van der Waals surface area contributed by atoms with Crippen LogP contribution in [-0.4, -0.2) is 19.1 Å². The van der Waals surface area contributed by atoms with E-state index >= 15 is 0 Å². The lowest BCUT2D eigenvalue weighted by Crippen LogP contribution is -2.21. The maximum atomic E-state index is 6.27. The van der Waals surface area contributed by atoms with E-state index in [4.69, 9.17) is 4.74 Å². The minimum atomic E-state index is 0.531. The molecule has 2 N–H and O–H groups in total. The van der Waals surface area contributed by atoms with Gasteiger partial charge in [-0.2, -0.15) is 0 Å². The van der Waals surface area contributed by atoms with E-state index in [1.54, 1.807) is 0 Å². The van der Waals surface area contributed by atoms with E-state index in [1.165, 1.54) is 40.8 Å². The summed E-state index contributed by atoms with van der Waals surface area (Å²) in [6.07, 6.45) is 2.35. The van der Waals surface area contributed by atoms with Gasteiger partial charge in [-0.25, -0.2) is 0 Å². The third-order valence-corrected chi connectivity index (χ3v) is 5.98. The summed E-state index contributed by atoms with van der Waals surface area (Å²) in [6.45, 7) is 2.76. The van der Waals surface area contributed by atoms with Gasteiger partial charge >= 0.3 is 0 Å². The molecule has 2 aliphatic heterocycles. The Kier molecular flexibility index (Phi) is 4.76.